The van der Waals surface area contributed by atoms with E-state index in [-0.39, 0.29) is 24.0 Å². The van der Waals surface area contributed by atoms with E-state index >= 15 is 0 Å². The van der Waals surface area contributed by atoms with Crippen LogP contribution >= 0.6 is 35.3 Å². The summed E-state index contributed by atoms with van der Waals surface area (Å²) < 4.78 is 0. The van der Waals surface area contributed by atoms with Crippen LogP contribution in [-0.2, 0) is 4.79 Å². The first kappa shape index (κ1) is 25.6. The van der Waals surface area contributed by atoms with Gasteiger partial charge in [-0.3, -0.25) is 14.7 Å². The molecule has 3 aliphatic rings. The van der Waals surface area contributed by atoms with E-state index in [0.29, 0.717) is 17.9 Å². The van der Waals surface area contributed by atoms with Crippen LogP contribution in [0.2, 0.25) is 0 Å². The van der Waals surface area contributed by atoms with Gasteiger partial charge < -0.3 is 20.4 Å². The molecule has 4 rings (SSSR count). The number of nitrogens with zero attached hydrogens (tertiary/aromatic N) is 4. The molecule has 32 heavy (non-hydrogen) atoms. The Morgan fingerprint density at radius 2 is 1.88 bits per heavy atom. The van der Waals surface area contributed by atoms with Gasteiger partial charge in [-0.25, -0.2) is 0 Å². The highest BCUT2D eigenvalue weighted by Crippen LogP contribution is 2.28. The highest BCUT2D eigenvalue weighted by Gasteiger charge is 2.31. The lowest BCUT2D eigenvalue weighted by atomic mass is 9.84. The quantitative estimate of drug-likeness (QED) is 0.298. The molecule has 0 atom stereocenters. The van der Waals surface area contributed by atoms with Crippen molar-refractivity contribution in [2.24, 2.45) is 10.9 Å². The second-order valence-corrected chi connectivity index (χ2v) is 9.84. The zero-order chi connectivity index (χ0) is 21.5. The summed E-state index contributed by atoms with van der Waals surface area (Å²) in [6.07, 6.45) is 5.70. The number of thiophene rings is 1. The zero-order valence-corrected chi connectivity index (χ0v) is 22.4. The minimum absolute atomic E-state index is 0. The first-order valence-electron chi connectivity index (χ1n) is 12.1. The van der Waals surface area contributed by atoms with Gasteiger partial charge in [0.15, 0.2) is 5.96 Å². The molecule has 1 aromatic rings. The number of amides is 1. The van der Waals surface area contributed by atoms with Crippen molar-refractivity contribution >= 4 is 52.2 Å². The molecule has 0 radical (unpaired) electrons. The van der Waals surface area contributed by atoms with Crippen molar-refractivity contribution in [3.63, 3.8) is 0 Å². The Morgan fingerprint density at radius 1 is 1.12 bits per heavy atom. The van der Waals surface area contributed by atoms with Crippen LogP contribution in [0, 0.1) is 5.92 Å². The average molecular weight is 575 g/mol. The number of anilines is 1. The highest BCUT2D eigenvalue weighted by atomic mass is 127. The maximum Gasteiger partial charge on any atom is 0.225 e. The number of nitrogens with one attached hydrogen (secondary N) is 2. The molecule has 2 saturated heterocycles. The standard InChI is InChI=1S/C23H38N6OS.HI/c1-2-24-23(26-20-8-11-28(12-9-20)21-7-4-18-31-21)25-10-13-27-14-16-29(17-15-27)22(30)19-5-3-6-19;/h4,7,18-20H,2-3,5-6,8-17H2,1H3,(H2,24,25,26);1H. The van der Waals surface area contributed by atoms with Crippen LogP contribution in [0.25, 0.3) is 0 Å². The topological polar surface area (TPSA) is 63.2 Å². The van der Waals surface area contributed by atoms with E-state index in [1.165, 1.54) is 11.4 Å². The van der Waals surface area contributed by atoms with E-state index in [2.05, 4.69) is 49.8 Å². The number of halogens is 1. The van der Waals surface area contributed by atoms with E-state index in [9.17, 15) is 4.79 Å². The molecular formula is C23H39IN6OS. The van der Waals surface area contributed by atoms with Crippen LogP contribution in [0.1, 0.15) is 39.0 Å². The lowest BCUT2D eigenvalue weighted by Crippen LogP contribution is -2.51. The molecule has 1 aliphatic carbocycles. The maximum absolute atomic E-state index is 12.4. The van der Waals surface area contributed by atoms with Crippen LogP contribution in [0.3, 0.4) is 0 Å². The number of guanidine groups is 1. The first-order valence-corrected chi connectivity index (χ1v) is 13.0. The van der Waals surface area contributed by atoms with Crippen molar-refractivity contribution in [1.29, 1.82) is 0 Å². The third-order valence-electron chi connectivity index (χ3n) is 6.82. The van der Waals surface area contributed by atoms with Gasteiger partial charge in [0.25, 0.3) is 0 Å². The lowest BCUT2D eigenvalue weighted by molar-refractivity contribution is -0.139. The summed E-state index contributed by atoms with van der Waals surface area (Å²) in [6, 6.07) is 4.83. The Bertz CT molecular complexity index is 710. The highest BCUT2D eigenvalue weighted by molar-refractivity contribution is 14.0. The second-order valence-electron chi connectivity index (χ2n) is 8.91. The molecule has 0 aromatic carbocycles. The van der Waals surface area contributed by atoms with Crippen LogP contribution in [0.15, 0.2) is 22.5 Å². The molecule has 2 N–H and O–H groups in total. The van der Waals surface area contributed by atoms with E-state index in [1.54, 1.807) is 0 Å². The van der Waals surface area contributed by atoms with Gasteiger partial charge in [0.2, 0.25) is 5.91 Å². The van der Waals surface area contributed by atoms with Crippen LogP contribution in [0.4, 0.5) is 5.00 Å². The first-order chi connectivity index (χ1) is 15.2. The van der Waals surface area contributed by atoms with E-state index < -0.39 is 0 Å². The Morgan fingerprint density at radius 3 is 2.47 bits per heavy atom. The number of piperidine rings is 1. The summed E-state index contributed by atoms with van der Waals surface area (Å²) in [5, 5.41) is 10.6. The van der Waals surface area contributed by atoms with Crippen molar-refractivity contribution in [2.75, 3.05) is 63.8 Å². The molecule has 3 fully saturated rings. The zero-order valence-electron chi connectivity index (χ0n) is 19.3. The fraction of sp³-hybridized carbons (Fsp3) is 0.739. The summed E-state index contributed by atoms with van der Waals surface area (Å²) in [4.78, 5) is 24.3. The Kier molecular flexibility index (Phi) is 10.4. The van der Waals surface area contributed by atoms with Crippen molar-refractivity contribution in [3.05, 3.63) is 17.5 Å². The molecule has 3 heterocycles. The average Bonchev–Trinajstić information content (AvgIpc) is 3.28. The Hall–Kier alpha value is -1.07. The number of piperazine rings is 1. The molecule has 0 spiro atoms. The Labute approximate surface area is 214 Å². The molecule has 9 heteroatoms. The summed E-state index contributed by atoms with van der Waals surface area (Å²) in [5.74, 6) is 1.66. The van der Waals surface area contributed by atoms with E-state index in [0.717, 1.165) is 90.5 Å². The lowest BCUT2D eigenvalue weighted by Gasteiger charge is -2.38. The van der Waals surface area contributed by atoms with Gasteiger partial charge >= 0.3 is 0 Å². The SMILES string of the molecule is CCNC(=NCCN1CCN(C(=O)C2CCC2)CC1)NC1CCN(c2cccs2)CC1.I. The molecule has 1 aromatic heterocycles. The number of hydrogen-bond donors (Lipinski definition) is 2. The molecule has 180 valence electrons. The van der Waals surface area contributed by atoms with Gasteiger partial charge in [-0.15, -0.1) is 35.3 Å². The van der Waals surface area contributed by atoms with Crippen molar-refractivity contribution < 1.29 is 4.79 Å². The summed E-state index contributed by atoms with van der Waals surface area (Å²) in [5.41, 5.74) is 0. The number of aliphatic imine (C=N–C) groups is 1. The van der Waals surface area contributed by atoms with Crippen molar-refractivity contribution in [3.8, 4) is 0 Å². The predicted octanol–water partition coefficient (Wildman–Crippen LogP) is 2.83. The normalized spacial score (nSPS) is 21.1. The van der Waals surface area contributed by atoms with Gasteiger partial charge in [-0.1, -0.05) is 6.42 Å². The summed E-state index contributed by atoms with van der Waals surface area (Å²) in [6.45, 7) is 10.6. The third kappa shape index (κ3) is 6.96. The number of rotatable bonds is 7. The van der Waals surface area contributed by atoms with Gasteiger partial charge in [0.1, 0.15) is 0 Å². The third-order valence-corrected chi connectivity index (χ3v) is 7.75. The number of carbonyl (C=O) groups is 1. The molecule has 7 nitrogen and oxygen atoms in total. The van der Waals surface area contributed by atoms with Crippen molar-refractivity contribution in [1.82, 2.24) is 20.4 Å². The molecule has 0 unspecified atom stereocenters. The molecular weight excluding hydrogens is 535 g/mol. The molecule has 1 saturated carbocycles. The predicted molar refractivity (Wildman–Crippen MR) is 144 cm³/mol. The van der Waals surface area contributed by atoms with Gasteiger partial charge in [0.05, 0.1) is 11.5 Å². The van der Waals surface area contributed by atoms with E-state index in [1.807, 2.05) is 11.3 Å². The molecule has 1 amide bonds. The Balaban J connectivity index is 0.00000289. The number of carbonyl (C=O) groups excluding carboxylic acids is 1. The van der Waals surface area contributed by atoms with Gasteiger partial charge in [0, 0.05) is 64.3 Å². The van der Waals surface area contributed by atoms with Gasteiger partial charge in [-0.05, 0) is 50.1 Å². The fourth-order valence-corrected chi connectivity index (χ4v) is 5.40. The second kappa shape index (κ2) is 13.0. The summed E-state index contributed by atoms with van der Waals surface area (Å²) >= 11 is 1.83. The largest absolute Gasteiger partial charge is 0.363 e. The molecule has 0 bridgehead atoms. The monoisotopic (exact) mass is 574 g/mol. The number of hydrogen-bond acceptors (Lipinski definition) is 5. The molecule has 2 aliphatic heterocycles. The van der Waals surface area contributed by atoms with Crippen molar-refractivity contribution in [2.45, 2.75) is 45.1 Å². The smallest absolute Gasteiger partial charge is 0.225 e. The fourth-order valence-electron chi connectivity index (χ4n) is 4.62. The van der Waals surface area contributed by atoms with Gasteiger partial charge in [-0.2, -0.15) is 0 Å². The maximum atomic E-state index is 12.4. The van der Waals surface area contributed by atoms with E-state index in [4.69, 9.17) is 4.99 Å². The minimum Gasteiger partial charge on any atom is -0.363 e. The van der Waals surface area contributed by atoms with Crippen LogP contribution in [0.5, 0.6) is 0 Å². The minimum atomic E-state index is 0. The van der Waals surface area contributed by atoms with Crippen LogP contribution in [-0.4, -0.2) is 86.6 Å². The van der Waals surface area contributed by atoms with Crippen LogP contribution < -0.4 is 15.5 Å². The summed E-state index contributed by atoms with van der Waals surface area (Å²) in [7, 11) is 0.